The standard InChI is InChI=1S/C14H10Cl2N4S/c15-10-3-1-9(2-4-10)7-18-20-8-11(19-14(20)17)12-5-6-13(16)21-12/h1-8H,(H2,17,19). The molecule has 3 aromatic rings. The van der Waals surface area contributed by atoms with E-state index in [1.165, 1.54) is 16.0 Å². The maximum atomic E-state index is 5.92. The molecule has 0 aliphatic rings. The Kier molecular flexibility index (Phi) is 3.96. The van der Waals surface area contributed by atoms with Gasteiger partial charge in [-0.2, -0.15) is 5.10 Å². The fourth-order valence-electron chi connectivity index (χ4n) is 1.73. The molecule has 0 aliphatic carbocycles. The van der Waals surface area contributed by atoms with Gasteiger partial charge >= 0.3 is 0 Å². The number of hydrogen-bond acceptors (Lipinski definition) is 4. The predicted octanol–water partition coefficient (Wildman–Crippen LogP) is 4.38. The summed E-state index contributed by atoms with van der Waals surface area (Å²) < 4.78 is 2.24. The van der Waals surface area contributed by atoms with Crippen molar-refractivity contribution < 1.29 is 0 Å². The molecule has 0 radical (unpaired) electrons. The summed E-state index contributed by atoms with van der Waals surface area (Å²) in [6.45, 7) is 0. The second-order valence-electron chi connectivity index (χ2n) is 4.23. The monoisotopic (exact) mass is 336 g/mol. The molecule has 1 aromatic carbocycles. The van der Waals surface area contributed by atoms with Crippen molar-refractivity contribution in [1.82, 2.24) is 9.66 Å². The molecule has 3 rings (SSSR count). The van der Waals surface area contributed by atoms with Crippen LogP contribution in [0.3, 0.4) is 0 Å². The van der Waals surface area contributed by atoms with Crippen molar-refractivity contribution in [2.75, 3.05) is 5.73 Å². The van der Waals surface area contributed by atoms with Crippen LogP contribution in [-0.2, 0) is 0 Å². The topological polar surface area (TPSA) is 56.2 Å². The normalized spacial score (nSPS) is 11.3. The highest BCUT2D eigenvalue weighted by molar-refractivity contribution is 7.19. The lowest BCUT2D eigenvalue weighted by atomic mass is 10.2. The Balaban J connectivity index is 1.86. The summed E-state index contributed by atoms with van der Waals surface area (Å²) in [5, 5.41) is 4.98. The molecule has 0 unspecified atom stereocenters. The van der Waals surface area contributed by atoms with E-state index in [0.29, 0.717) is 15.3 Å². The molecule has 0 amide bonds. The summed E-state index contributed by atoms with van der Waals surface area (Å²) in [7, 11) is 0. The number of hydrogen-bond donors (Lipinski definition) is 1. The molecule has 0 aliphatic heterocycles. The first-order valence-electron chi connectivity index (χ1n) is 6.02. The summed E-state index contributed by atoms with van der Waals surface area (Å²) in [6.07, 6.45) is 3.46. The van der Waals surface area contributed by atoms with Crippen LogP contribution in [0.5, 0.6) is 0 Å². The van der Waals surface area contributed by atoms with Crippen LogP contribution in [0.4, 0.5) is 5.95 Å². The average Bonchev–Trinajstić information content (AvgIpc) is 3.05. The van der Waals surface area contributed by atoms with Gasteiger partial charge in [-0.3, -0.25) is 0 Å². The number of rotatable bonds is 3. The van der Waals surface area contributed by atoms with Gasteiger partial charge < -0.3 is 5.73 Å². The van der Waals surface area contributed by atoms with Gasteiger partial charge in [-0.05, 0) is 29.8 Å². The molecular formula is C14H10Cl2N4S. The van der Waals surface area contributed by atoms with Gasteiger partial charge in [0.25, 0.3) is 0 Å². The fraction of sp³-hybridized carbons (Fsp3) is 0. The molecule has 0 spiro atoms. The summed E-state index contributed by atoms with van der Waals surface area (Å²) >= 11 is 13.2. The van der Waals surface area contributed by atoms with Crippen molar-refractivity contribution in [2.24, 2.45) is 5.10 Å². The molecular weight excluding hydrogens is 327 g/mol. The van der Waals surface area contributed by atoms with E-state index in [9.17, 15) is 0 Å². The van der Waals surface area contributed by atoms with E-state index in [0.717, 1.165) is 16.1 Å². The SMILES string of the molecule is Nc1nc(-c2ccc(Cl)s2)cn1N=Cc1ccc(Cl)cc1. The van der Waals surface area contributed by atoms with Crippen molar-refractivity contribution in [3.63, 3.8) is 0 Å². The van der Waals surface area contributed by atoms with Crippen LogP contribution in [0.15, 0.2) is 47.7 Å². The Morgan fingerprint density at radius 1 is 1.14 bits per heavy atom. The van der Waals surface area contributed by atoms with E-state index in [-0.39, 0.29) is 0 Å². The zero-order valence-corrected chi connectivity index (χ0v) is 13.0. The van der Waals surface area contributed by atoms with Gasteiger partial charge in [-0.15, -0.1) is 11.3 Å². The van der Waals surface area contributed by atoms with E-state index in [2.05, 4.69) is 10.1 Å². The highest BCUT2D eigenvalue weighted by Crippen LogP contribution is 2.30. The number of nitrogen functional groups attached to an aromatic ring is 1. The molecule has 2 aromatic heterocycles. The molecule has 106 valence electrons. The second kappa shape index (κ2) is 5.89. The van der Waals surface area contributed by atoms with E-state index < -0.39 is 0 Å². The third-order valence-corrected chi connectivity index (χ3v) is 4.25. The minimum atomic E-state index is 0.319. The lowest BCUT2D eigenvalue weighted by Crippen LogP contribution is -1.96. The van der Waals surface area contributed by atoms with Crippen LogP contribution in [-0.4, -0.2) is 15.9 Å². The predicted molar refractivity (Wildman–Crippen MR) is 89.4 cm³/mol. The third-order valence-electron chi connectivity index (χ3n) is 2.74. The smallest absolute Gasteiger partial charge is 0.221 e. The molecule has 7 heteroatoms. The number of benzene rings is 1. The van der Waals surface area contributed by atoms with Crippen LogP contribution >= 0.6 is 34.5 Å². The van der Waals surface area contributed by atoms with Crippen molar-refractivity contribution in [3.8, 4) is 10.6 Å². The Labute approximate surface area is 135 Å². The molecule has 4 nitrogen and oxygen atoms in total. The number of aromatic nitrogens is 2. The second-order valence-corrected chi connectivity index (χ2v) is 6.38. The average molecular weight is 337 g/mol. The molecule has 2 N–H and O–H groups in total. The van der Waals surface area contributed by atoms with Gasteiger partial charge in [0.2, 0.25) is 5.95 Å². The maximum absolute atomic E-state index is 5.92. The molecule has 0 bridgehead atoms. The summed E-state index contributed by atoms with van der Waals surface area (Å²) in [4.78, 5) is 5.23. The largest absolute Gasteiger partial charge is 0.368 e. The van der Waals surface area contributed by atoms with Crippen LogP contribution in [0.25, 0.3) is 10.6 Å². The van der Waals surface area contributed by atoms with E-state index in [1.54, 1.807) is 24.5 Å². The highest BCUT2D eigenvalue weighted by atomic mass is 35.5. The zero-order valence-electron chi connectivity index (χ0n) is 10.7. The van der Waals surface area contributed by atoms with Crippen molar-refractivity contribution in [1.29, 1.82) is 0 Å². The molecule has 2 heterocycles. The van der Waals surface area contributed by atoms with Gasteiger partial charge in [0.1, 0.15) is 5.69 Å². The molecule has 0 saturated heterocycles. The van der Waals surface area contributed by atoms with Crippen LogP contribution < -0.4 is 5.73 Å². The quantitative estimate of drug-likeness (QED) is 0.721. The number of halogens is 2. The molecule has 0 atom stereocenters. The summed E-state index contributed by atoms with van der Waals surface area (Å²) in [5.74, 6) is 0.319. The summed E-state index contributed by atoms with van der Waals surface area (Å²) in [6, 6.07) is 11.1. The van der Waals surface area contributed by atoms with Crippen molar-refractivity contribution >= 4 is 46.7 Å². The Bertz CT molecular complexity index is 790. The molecule has 0 saturated carbocycles. The number of nitrogens with two attached hydrogens (primary N) is 1. The van der Waals surface area contributed by atoms with Gasteiger partial charge in [-0.25, -0.2) is 9.66 Å². The minimum Gasteiger partial charge on any atom is -0.368 e. The summed E-state index contributed by atoms with van der Waals surface area (Å²) in [5.41, 5.74) is 7.53. The lowest BCUT2D eigenvalue weighted by molar-refractivity contribution is 0.898. The van der Waals surface area contributed by atoms with Gasteiger partial charge in [0.05, 0.1) is 21.6 Å². The van der Waals surface area contributed by atoms with Crippen LogP contribution in [0, 0.1) is 0 Å². The molecule has 0 fully saturated rings. The highest BCUT2D eigenvalue weighted by Gasteiger charge is 2.08. The van der Waals surface area contributed by atoms with E-state index >= 15 is 0 Å². The first-order valence-corrected chi connectivity index (χ1v) is 7.59. The number of anilines is 1. The molecule has 21 heavy (non-hydrogen) atoms. The Hall–Kier alpha value is -1.82. The number of imidazole rings is 1. The first kappa shape index (κ1) is 14.1. The van der Waals surface area contributed by atoms with Crippen molar-refractivity contribution in [2.45, 2.75) is 0 Å². The lowest BCUT2D eigenvalue weighted by Gasteiger charge is -1.95. The maximum Gasteiger partial charge on any atom is 0.221 e. The van der Waals surface area contributed by atoms with Gasteiger partial charge in [0, 0.05) is 5.02 Å². The van der Waals surface area contributed by atoms with Crippen LogP contribution in [0.2, 0.25) is 9.36 Å². The first-order chi connectivity index (χ1) is 10.1. The van der Waals surface area contributed by atoms with Crippen LogP contribution in [0.1, 0.15) is 5.56 Å². The van der Waals surface area contributed by atoms with E-state index in [4.69, 9.17) is 28.9 Å². The fourth-order valence-corrected chi connectivity index (χ4v) is 2.85. The zero-order chi connectivity index (χ0) is 14.8. The van der Waals surface area contributed by atoms with Crippen molar-refractivity contribution in [3.05, 3.63) is 57.5 Å². The van der Waals surface area contributed by atoms with Gasteiger partial charge in [0.15, 0.2) is 0 Å². The Morgan fingerprint density at radius 3 is 2.57 bits per heavy atom. The third kappa shape index (κ3) is 3.26. The number of nitrogens with zero attached hydrogens (tertiary/aromatic N) is 3. The van der Waals surface area contributed by atoms with E-state index in [1.807, 2.05) is 24.3 Å². The minimum absolute atomic E-state index is 0.319. The van der Waals surface area contributed by atoms with Gasteiger partial charge in [-0.1, -0.05) is 35.3 Å². The Morgan fingerprint density at radius 2 is 1.90 bits per heavy atom. The number of thiophene rings is 1.